The van der Waals surface area contributed by atoms with Crippen LogP contribution in [0.5, 0.6) is 11.5 Å². The number of rotatable bonds is 1. The predicted molar refractivity (Wildman–Crippen MR) is 112 cm³/mol. The van der Waals surface area contributed by atoms with Crippen molar-refractivity contribution in [3.05, 3.63) is 71.0 Å². The van der Waals surface area contributed by atoms with Crippen LogP contribution in [0.4, 0.5) is 17.1 Å². The third-order valence-electron chi connectivity index (χ3n) is 5.16. The van der Waals surface area contributed by atoms with Gasteiger partial charge in [0.15, 0.2) is 11.5 Å². The van der Waals surface area contributed by atoms with Crippen molar-refractivity contribution in [3.8, 4) is 11.5 Å². The van der Waals surface area contributed by atoms with Gasteiger partial charge in [-0.05, 0) is 66.6 Å². The Morgan fingerprint density at radius 2 is 1.56 bits per heavy atom. The molecule has 0 N–H and O–H groups in total. The third kappa shape index (κ3) is 2.97. The molecule has 0 saturated carbocycles. The first-order valence-corrected chi connectivity index (χ1v) is 9.40. The van der Waals surface area contributed by atoms with Crippen LogP contribution < -0.4 is 9.64 Å². The first kappa shape index (κ1) is 17.6. The van der Waals surface area contributed by atoms with Gasteiger partial charge in [-0.2, -0.15) is 0 Å². The molecule has 138 valence electrons. The maximum absolute atomic E-state index is 6.14. The van der Waals surface area contributed by atoms with Crippen LogP contribution in [-0.4, -0.2) is 4.98 Å². The van der Waals surface area contributed by atoms with E-state index in [1.54, 1.807) is 6.20 Å². The van der Waals surface area contributed by atoms with Crippen LogP contribution >= 0.6 is 0 Å². The highest BCUT2D eigenvalue weighted by Gasteiger charge is 2.28. The van der Waals surface area contributed by atoms with Gasteiger partial charge in [-0.15, -0.1) is 0 Å². The molecule has 2 heterocycles. The number of anilines is 3. The van der Waals surface area contributed by atoms with Gasteiger partial charge in [-0.1, -0.05) is 39.0 Å². The van der Waals surface area contributed by atoms with Gasteiger partial charge >= 0.3 is 0 Å². The number of hydrogen-bond donors (Lipinski definition) is 0. The van der Waals surface area contributed by atoms with E-state index in [9.17, 15) is 0 Å². The minimum Gasteiger partial charge on any atom is -0.451 e. The van der Waals surface area contributed by atoms with E-state index in [4.69, 9.17) is 4.74 Å². The molecule has 0 atom stereocenters. The van der Waals surface area contributed by atoms with Crippen LogP contribution in [0.15, 0.2) is 48.8 Å². The number of aromatic nitrogens is 1. The lowest BCUT2D eigenvalue weighted by atomic mass is 9.84. The number of benzene rings is 2. The second-order valence-corrected chi connectivity index (χ2v) is 8.46. The Morgan fingerprint density at radius 1 is 0.852 bits per heavy atom. The van der Waals surface area contributed by atoms with Crippen molar-refractivity contribution in [1.82, 2.24) is 4.98 Å². The van der Waals surface area contributed by atoms with E-state index in [1.807, 2.05) is 18.3 Å². The first-order chi connectivity index (χ1) is 12.8. The maximum Gasteiger partial charge on any atom is 0.169 e. The molecule has 3 heteroatoms. The molecule has 4 rings (SSSR count). The van der Waals surface area contributed by atoms with Crippen LogP contribution in [0.2, 0.25) is 0 Å². The van der Waals surface area contributed by atoms with Crippen LogP contribution in [0.3, 0.4) is 0 Å². The second kappa shape index (κ2) is 6.12. The van der Waals surface area contributed by atoms with Gasteiger partial charge in [0.25, 0.3) is 0 Å². The molecule has 0 amide bonds. The normalized spacial score (nSPS) is 13.0. The first-order valence-electron chi connectivity index (χ1n) is 9.40. The van der Waals surface area contributed by atoms with Crippen LogP contribution in [0.25, 0.3) is 0 Å². The molecule has 3 nitrogen and oxygen atoms in total. The van der Waals surface area contributed by atoms with Crippen molar-refractivity contribution < 1.29 is 4.74 Å². The summed E-state index contributed by atoms with van der Waals surface area (Å²) >= 11 is 0. The summed E-state index contributed by atoms with van der Waals surface area (Å²) in [6, 6.07) is 13.0. The highest BCUT2D eigenvalue weighted by Crippen LogP contribution is 2.51. The molecule has 2 aromatic carbocycles. The summed E-state index contributed by atoms with van der Waals surface area (Å²) < 4.78 is 6.14. The van der Waals surface area contributed by atoms with Crippen molar-refractivity contribution in [1.29, 1.82) is 0 Å². The van der Waals surface area contributed by atoms with E-state index in [1.165, 1.54) is 27.9 Å². The van der Waals surface area contributed by atoms with E-state index >= 15 is 0 Å². The quantitative estimate of drug-likeness (QED) is 0.371. The Kier molecular flexibility index (Phi) is 3.99. The van der Waals surface area contributed by atoms with Gasteiger partial charge < -0.3 is 9.64 Å². The van der Waals surface area contributed by atoms with E-state index in [-0.39, 0.29) is 5.41 Å². The largest absolute Gasteiger partial charge is 0.451 e. The van der Waals surface area contributed by atoms with Crippen molar-refractivity contribution in [3.63, 3.8) is 0 Å². The number of fused-ring (bicyclic) bond motifs is 2. The number of pyridine rings is 1. The standard InChI is InChI=1S/C24H26N2O/c1-15-7-8-21-20(11-15)26(19-9-10-25-14-22(19)27-21)23-16(2)12-18(13-17(23)3)24(4,5)6/h7-14H,1-6H3. The van der Waals surface area contributed by atoms with Crippen LogP contribution in [-0.2, 0) is 5.41 Å². The Hall–Kier alpha value is -2.81. The van der Waals surface area contributed by atoms with Crippen molar-refractivity contribution >= 4 is 17.1 Å². The van der Waals surface area contributed by atoms with Gasteiger partial charge in [-0.3, -0.25) is 4.98 Å². The highest BCUT2D eigenvalue weighted by atomic mass is 16.5. The summed E-state index contributed by atoms with van der Waals surface area (Å²) in [5.41, 5.74) is 8.52. The molecule has 0 spiro atoms. The molecule has 3 aromatic rings. The average molecular weight is 358 g/mol. The fraction of sp³-hybridized carbons (Fsp3) is 0.292. The van der Waals surface area contributed by atoms with Crippen molar-refractivity contribution in [2.24, 2.45) is 0 Å². The highest BCUT2D eigenvalue weighted by molar-refractivity contribution is 5.88. The minimum absolute atomic E-state index is 0.120. The third-order valence-corrected chi connectivity index (χ3v) is 5.16. The smallest absolute Gasteiger partial charge is 0.169 e. The summed E-state index contributed by atoms with van der Waals surface area (Å²) in [6.45, 7) is 13.3. The monoisotopic (exact) mass is 358 g/mol. The average Bonchev–Trinajstić information content (AvgIpc) is 2.60. The predicted octanol–water partition coefficient (Wildman–Crippen LogP) is 6.88. The van der Waals surface area contributed by atoms with Crippen molar-refractivity contribution in [2.75, 3.05) is 4.90 Å². The molecule has 0 fully saturated rings. The SMILES string of the molecule is Cc1ccc2c(c1)N(c1c(C)cc(C(C)(C)C)cc1C)c1ccncc1O2. The van der Waals surface area contributed by atoms with E-state index in [2.05, 4.69) is 75.7 Å². The fourth-order valence-electron chi connectivity index (χ4n) is 3.76. The molecule has 1 aliphatic heterocycles. The summed E-state index contributed by atoms with van der Waals surface area (Å²) in [5.74, 6) is 1.65. The topological polar surface area (TPSA) is 25.4 Å². The zero-order valence-electron chi connectivity index (χ0n) is 16.9. The van der Waals surface area contributed by atoms with E-state index < -0.39 is 0 Å². The number of hydrogen-bond acceptors (Lipinski definition) is 3. The maximum atomic E-state index is 6.14. The molecule has 0 bridgehead atoms. The van der Waals surface area contributed by atoms with E-state index in [0.29, 0.717) is 0 Å². The molecule has 1 aliphatic rings. The lowest BCUT2D eigenvalue weighted by Gasteiger charge is -2.35. The Balaban J connectivity index is 1.99. The fourth-order valence-corrected chi connectivity index (χ4v) is 3.76. The Bertz CT molecular complexity index is 1010. The van der Waals surface area contributed by atoms with Gasteiger partial charge in [-0.25, -0.2) is 0 Å². The number of ether oxygens (including phenoxy) is 1. The zero-order chi connectivity index (χ0) is 19.3. The van der Waals surface area contributed by atoms with Crippen LogP contribution in [0, 0.1) is 20.8 Å². The van der Waals surface area contributed by atoms with E-state index in [0.717, 1.165) is 22.9 Å². The van der Waals surface area contributed by atoms with Crippen LogP contribution in [0.1, 0.15) is 43.0 Å². The van der Waals surface area contributed by atoms with Crippen molar-refractivity contribution in [2.45, 2.75) is 47.0 Å². The van der Waals surface area contributed by atoms with Gasteiger partial charge in [0, 0.05) is 6.20 Å². The van der Waals surface area contributed by atoms with Gasteiger partial charge in [0.2, 0.25) is 0 Å². The molecular weight excluding hydrogens is 332 g/mol. The Morgan fingerprint density at radius 3 is 2.22 bits per heavy atom. The molecular formula is C24H26N2O. The molecule has 27 heavy (non-hydrogen) atoms. The number of nitrogens with zero attached hydrogens (tertiary/aromatic N) is 2. The summed E-state index contributed by atoms with van der Waals surface area (Å²) in [5, 5.41) is 0. The second-order valence-electron chi connectivity index (χ2n) is 8.46. The zero-order valence-corrected chi connectivity index (χ0v) is 16.9. The van der Waals surface area contributed by atoms with Gasteiger partial charge in [0.1, 0.15) is 0 Å². The molecule has 0 aliphatic carbocycles. The molecule has 1 aromatic heterocycles. The molecule has 0 saturated heterocycles. The molecule has 0 unspecified atom stereocenters. The summed E-state index contributed by atoms with van der Waals surface area (Å²) in [7, 11) is 0. The lowest BCUT2D eigenvalue weighted by molar-refractivity contribution is 0.474. The number of aryl methyl sites for hydroxylation is 3. The summed E-state index contributed by atoms with van der Waals surface area (Å²) in [6.07, 6.45) is 3.61. The minimum atomic E-state index is 0.120. The van der Waals surface area contributed by atoms with Gasteiger partial charge in [0.05, 0.1) is 23.3 Å². The Labute approximate surface area is 161 Å². The molecule has 0 radical (unpaired) electrons. The summed E-state index contributed by atoms with van der Waals surface area (Å²) in [4.78, 5) is 6.58. The lowest BCUT2D eigenvalue weighted by Crippen LogP contribution is -2.19.